The molecule has 0 saturated carbocycles. The number of ether oxygens (including phenoxy) is 1. The molecule has 1 N–H and O–H groups in total. The zero-order valence-electron chi connectivity index (χ0n) is 11.4. The van der Waals surface area contributed by atoms with E-state index in [2.05, 4.69) is 5.16 Å². The van der Waals surface area contributed by atoms with Crippen LogP contribution < -0.4 is 4.74 Å². The molecule has 0 aliphatic carbocycles. The quantitative estimate of drug-likeness (QED) is 0.531. The molecular weight excluding hydrogens is 271 g/mol. The average molecular weight is 284 g/mol. The van der Waals surface area contributed by atoms with E-state index < -0.39 is 5.82 Å². The standard InChI is InChI=1S/C16H13FN2O2/c1-11(19-20)14-7-2-3-8-15(14)21-10-13-6-4-5-12(9-18)16(13)17/h2-8,20H,10H2,1H3/b19-11-. The van der Waals surface area contributed by atoms with Crippen molar-refractivity contribution in [3.63, 3.8) is 0 Å². The molecule has 0 atom stereocenters. The van der Waals surface area contributed by atoms with E-state index in [0.717, 1.165) is 0 Å². The van der Waals surface area contributed by atoms with Crippen LogP contribution in [0.4, 0.5) is 4.39 Å². The van der Waals surface area contributed by atoms with Crippen LogP contribution in [-0.2, 0) is 6.61 Å². The number of nitrogens with zero attached hydrogens (tertiary/aromatic N) is 2. The molecule has 5 heteroatoms. The smallest absolute Gasteiger partial charge is 0.147 e. The molecule has 2 rings (SSSR count). The van der Waals surface area contributed by atoms with E-state index in [1.165, 1.54) is 6.07 Å². The first-order chi connectivity index (χ1) is 10.2. The molecule has 0 spiro atoms. The molecule has 0 bridgehead atoms. The lowest BCUT2D eigenvalue weighted by atomic mass is 10.1. The Kier molecular flexibility index (Phi) is 4.52. The van der Waals surface area contributed by atoms with Crippen molar-refractivity contribution in [2.24, 2.45) is 5.16 Å². The van der Waals surface area contributed by atoms with E-state index in [-0.39, 0.29) is 12.2 Å². The molecule has 21 heavy (non-hydrogen) atoms. The molecule has 0 unspecified atom stereocenters. The summed E-state index contributed by atoms with van der Waals surface area (Å²) >= 11 is 0. The highest BCUT2D eigenvalue weighted by atomic mass is 19.1. The second kappa shape index (κ2) is 6.53. The van der Waals surface area contributed by atoms with Crippen molar-refractivity contribution in [3.8, 4) is 11.8 Å². The predicted molar refractivity (Wildman–Crippen MR) is 75.9 cm³/mol. The molecule has 0 radical (unpaired) electrons. The maximum atomic E-state index is 13.9. The Labute approximate surface area is 121 Å². The molecule has 0 heterocycles. The number of halogens is 1. The van der Waals surface area contributed by atoms with Crippen LogP contribution in [0, 0.1) is 17.1 Å². The molecule has 0 aromatic heterocycles. The van der Waals surface area contributed by atoms with Crippen LogP contribution in [0.3, 0.4) is 0 Å². The van der Waals surface area contributed by atoms with E-state index in [9.17, 15) is 4.39 Å². The Morgan fingerprint density at radius 3 is 2.76 bits per heavy atom. The van der Waals surface area contributed by atoms with E-state index in [4.69, 9.17) is 15.2 Å². The summed E-state index contributed by atoms with van der Waals surface area (Å²) in [6.45, 7) is 1.62. The van der Waals surface area contributed by atoms with Crippen LogP contribution in [0.25, 0.3) is 0 Å². The van der Waals surface area contributed by atoms with Crippen LogP contribution in [0.1, 0.15) is 23.6 Å². The Balaban J connectivity index is 2.24. The first kappa shape index (κ1) is 14.5. The fraction of sp³-hybridized carbons (Fsp3) is 0.125. The average Bonchev–Trinajstić information content (AvgIpc) is 2.53. The zero-order chi connectivity index (χ0) is 15.2. The summed E-state index contributed by atoms with van der Waals surface area (Å²) in [4.78, 5) is 0. The van der Waals surface area contributed by atoms with Gasteiger partial charge in [0.05, 0.1) is 11.3 Å². The predicted octanol–water partition coefficient (Wildman–Crippen LogP) is 3.47. The highest BCUT2D eigenvalue weighted by Crippen LogP contribution is 2.21. The van der Waals surface area contributed by atoms with Crippen LogP contribution >= 0.6 is 0 Å². The van der Waals surface area contributed by atoms with Crippen LogP contribution in [0.5, 0.6) is 5.75 Å². The maximum Gasteiger partial charge on any atom is 0.147 e. The molecule has 0 saturated heterocycles. The molecule has 2 aromatic rings. The number of nitriles is 1. The summed E-state index contributed by atoms with van der Waals surface area (Å²) in [5, 5.41) is 20.8. The van der Waals surface area contributed by atoms with Gasteiger partial charge in [-0.3, -0.25) is 0 Å². The lowest BCUT2D eigenvalue weighted by Gasteiger charge is -2.11. The molecule has 4 nitrogen and oxygen atoms in total. The van der Waals surface area contributed by atoms with Gasteiger partial charge in [0.1, 0.15) is 24.2 Å². The van der Waals surface area contributed by atoms with Crippen molar-refractivity contribution < 1.29 is 14.3 Å². The minimum absolute atomic E-state index is 0.0162. The number of oxime groups is 1. The van der Waals surface area contributed by atoms with Crippen LogP contribution in [-0.4, -0.2) is 10.9 Å². The van der Waals surface area contributed by atoms with Gasteiger partial charge in [-0.1, -0.05) is 29.4 Å². The van der Waals surface area contributed by atoms with Gasteiger partial charge in [-0.15, -0.1) is 0 Å². The Hall–Kier alpha value is -2.87. The molecule has 0 amide bonds. The van der Waals surface area contributed by atoms with Gasteiger partial charge in [-0.05, 0) is 25.1 Å². The van der Waals surface area contributed by atoms with Gasteiger partial charge in [-0.25, -0.2) is 4.39 Å². The van der Waals surface area contributed by atoms with Crippen molar-refractivity contribution in [1.29, 1.82) is 5.26 Å². The topological polar surface area (TPSA) is 65.6 Å². The lowest BCUT2D eigenvalue weighted by Crippen LogP contribution is -2.04. The fourth-order valence-corrected chi connectivity index (χ4v) is 1.88. The van der Waals surface area contributed by atoms with E-state index >= 15 is 0 Å². The number of benzene rings is 2. The minimum atomic E-state index is -0.579. The molecule has 2 aromatic carbocycles. The Bertz CT molecular complexity index is 720. The van der Waals surface area contributed by atoms with Gasteiger partial charge < -0.3 is 9.94 Å². The van der Waals surface area contributed by atoms with Gasteiger partial charge in [-0.2, -0.15) is 5.26 Å². The maximum absolute atomic E-state index is 13.9. The van der Waals surface area contributed by atoms with E-state index in [1.54, 1.807) is 49.4 Å². The molecule has 0 aliphatic heterocycles. The third-order valence-corrected chi connectivity index (χ3v) is 3.01. The number of hydrogen-bond donors (Lipinski definition) is 1. The summed E-state index contributed by atoms with van der Waals surface area (Å²) in [7, 11) is 0. The summed E-state index contributed by atoms with van der Waals surface area (Å²) < 4.78 is 19.5. The van der Waals surface area contributed by atoms with E-state index in [1.807, 2.05) is 0 Å². The Morgan fingerprint density at radius 1 is 1.29 bits per heavy atom. The second-order valence-electron chi connectivity index (χ2n) is 4.36. The highest BCUT2D eigenvalue weighted by Gasteiger charge is 2.10. The zero-order valence-corrected chi connectivity index (χ0v) is 11.4. The molecule has 0 aliphatic rings. The SMILES string of the molecule is C/C(=N/O)c1ccccc1OCc1cccc(C#N)c1F. The third-order valence-electron chi connectivity index (χ3n) is 3.01. The van der Waals surface area contributed by atoms with Crippen molar-refractivity contribution >= 4 is 5.71 Å². The van der Waals surface area contributed by atoms with Crippen molar-refractivity contribution in [2.45, 2.75) is 13.5 Å². The van der Waals surface area contributed by atoms with Crippen LogP contribution in [0.15, 0.2) is 47.6 Å². The lowest BCUT2D eigenvalue weighted by molar-refractivity contribution is 0.297. The summed E-state index contributed by atoms with van der Waals surface area (Å²) in [6.07, 6.45) is 0. The number of hydrogen-bond acceptors (Lipinski definition) is 4. The summed E-state index contributed by atoms with van der Waals surface area (Å²) in [6, 6.07) is 13.4. The third kappa shape index (κ3) is 3.18. The fourth-order valence-electron chi connectivity index (χ4n) is 1.88. The second-order valence-corrected chi connectivity index (χ2v) is 4.36. The number of para-hydroxylation sites is 1. The van der Waals surface area contributed by atoms with E-state index in [0.29, 0.717) is 22.6 Å². The van der Waals surface area contributed by atoms with Gasteiger partial charge in [0.15, 0.2) is 0 Å². The van der Waals surface area contributed by atoms with Crippen LogP contribution in [0.2, 0.25) is 0 Å². The normalized spacial score (nSPS) is 11.0. The molecular formula is C16H13FN2O2. The van der Waals surface area contributed by atoms with Crippen molar-refractivity contribution in [1.82, 2.24) is 0 Å². The Morgan fingerprint density at radius 2 is 2.05 bits per heavy atom. The van der Waals surface area contributed by atoms with Gasteiger partial charge in [0.2, 0.25) is 0 Å². The molecule has 106 valence electrons. The van der Waals surface area contributed by atoms with Gasteiger partial charge in [0.25, 0.3) is 0 Å². The first-order valence-electron chi connectivity index (χ1n) is 6.25. The molecule has 0 fully saturated rings. The number of rotatable bonds is 4. The van der Waals surface area contributed by atoms with Gasteiger partial charge in [0, 0.05) is 11.1 Å². The minimum Gasteiger partial charge on any atom is -0.488 e. The van der Waals surface area contributed by atoms with Crippen molar-refractivity contribution in [3.05, 3.63) is 65.0 Å². The summed E-state index contributed by atoms with van der Waals surface area (Å²) in [5.41, 5.74) is 1.30. The first-order valence-corrected chi connectivity index (χ1v) is 6.25. The highest BCUT2D eigenvalue weighted by molar-refractivity contribution is 6.00. The monoisotopic (exact) mass is 284 g/mol. The largest absolute Gasteiger partial charge is 0.488 e. The van der Waals surface area contributed by atoms with Crippen molar-refractivity contribution in [2.75, 3.05) is 0 Å². The van der Waals surface area contributed by atoms with Gasteiger partial charge >= 0.3 is 0 Å². The summed E-state index contributed by atoms with van der Waals surface area (Å²) in [5.74, 6) is -0.0976.